The summed E-state index contributed by atoms with van der Waals surface area (Å²) >= 11 is 0. The summed E-state index contributed by atoms with van der Waals surface area (Å²) in [5, 5.41) is 9.10. The molecule has 1 saturated carbocycles. The molecular formula is C14H23NO3. The Labute approximate surface area is 108 Å². The third-order valence-electron chi connectivity index (χ3n) is 4.56. The van der Waals surface area contributed by atoms with Crippen molar-refractivity contribution in [3.8, 4) is 0 Å². The molecule has 102 valence electrons. The van der Waals surface area contributed by atoms with Gasteiger partial charge in [-0.3, -0.25) is 9.59 Å². The topological polar surface area (TPSA) is 57.6 Å². The summed E-state index contributed by atoms with van der Waals surface area (Å²) in [5.41, 5.74) is 0. The second-order valence-electron chi connectivity index (χ2n) is 5.69. The van der Waals surface area contributed by atoms with Crippen molar-refractivity contribution in [1.82, 2.24) is 4.90 Å². The zero-order valence-corrected chi connectivity index (χ0v) is 11.1. The van der Waals surface area contributed by atoms with Crippen molar-refractivity contribution in [2.24, 2.45) is 11.8 Å². The van der Waals surface area contributed by atoms with Crippen LogP contribution in [-0.2, 0) is 9.59 Å². The fourth-order valence-electron chi connectivity index (χ4n) is 3.34. The van der Waals surface area contributed by atoms with Gasteiger partial charge in [-0.1, -0.05) is 25.7 Å². The van der Waals surface area contributed by atoms with E-state index in [1.54, 1.807) is 0 Å². The van der Waals surface area contributed by atoms with Gasteiger partial charge in [-0.05, 0) is 26.2 Å². The number of amides is 1. The van der Waals surface area contributed by atoms with Gasteiger partial charge in [0.1, 0.15) is 0 Å². The van der Waals surface area contributed by atoms with Crippen LogP contribution in [-0.4, -0.2) is 34.5 Å². The van der Waals surface area contributed by atoms with Gasteiger partial charge in [0.2, 0.25) is 5.91 Å². The lowest BCUT2D eigenvalue weighted by atomic mass is 9.97. The van der Waals surface area contributed by atoms with E-state index in [1.807, 2.05) is 11.8 Å². The van der Waals surface area contributed by atoms with Crippen molar-refractivity contribution < 1.29 is 14.7 Å². The predicted octanol–water partition coefficient (Wildman–Crippen LogP) is 2.28. The summed E-state index contributed by atoms with van der Waals surface area (Å²) in [7, 11) is 0. The first kappa shape index (κ1) is 13.4. The summed E-state index contributed by atoms with van der Waals surface area (Å²) in [6.45, 7) is 2.49. The van der Waals surface area contributed by atoms with Crippen LogP contribution in [0.2, 0.25) is 0 Å². The smallest absolute Gasteiger partial charge is 0.308 e. The lowest BCUT2D eigenvalue weighted by Crippen LogP contribution is -2.41. The van der Waals surface area contributed by atoms with Crippen LogP contribution in [0.5, 0.6) is 0 Å². The molecule has 0 bridgehead atoms. The normalized spacial score (nSPS) is 30.2. The average molecular weight is 253 g/mol. The molecule has 0 radical (unpaired) electrons. The van der Waals surface area contributed by atoms with Crippen molar-refractivity contribution in [2.45, 2.75) is 57.9 Å². The largest absolute Gasteiger partial charge is 0.481 e. The van der Waals surface area contributed by atoms with Crippen LogP contribution < -0.4 is 0 Å². The van der Waals surface area contributed by atoms with E-state index in [4.69, 9.17) is 5.11 Å². The van der Waals surface area contributed by atoms with Gasteiger partial charge in [0.25, 0.3) is 0 Å². The second-order valence-corrected chi connectivity index (χ2v) is 5.69. The lowest BCUT2D eigenvalue weighted by Gasteiger charge is -2.27. The van der Waals surface area contributed by atoms with Crippen LogP contribution in [0.25, 0.3) is 0 Å². The van der Waals surface area contributed by atoms with Crippen molar-refractivity contribution in [2.75, 3.05) is 6.54 Å². The fraction of sp³-hybridized carbons (Fsp3) is 0.857. The highest BCUT2D eigenvalue weighted by Gasteiger charge is 2.39. The van der Waals surface area contributed by atoms with Crippen LogP contribution in [0, 0.1) is 11.8 Å². The molecule has 1 amide bonds. The van der Waals surface area contributed by atoms with E-state index in [-0.39, 0.29) is 23.8 Å². The molecule has 1 heterocycles. The SMILES string of the molecule is CC1C(C(=O)O)CCN1C(=O)C1CCCCCC1. The van der Waals surface area contributed by atoms with Gasteiger partial charge < -0.3 is 10.0 Å². The van der Waals surface area contributed by atoms with Gasteiger partial charge in [0.05, 0.1) is 5.92 Å². The molecule has 0 aromatic carbocycles. The van der Waals surface area contributed by atoms with Crippen LogP contribution in [0.3, 0.4) is 0 Å². The Hall–Kier alpha value is -1.06. The van der Waals surface area contributed by atoms with Gasteiger partial charge >= 0.3 is 5.97 Å². The zero-order chi connectivity index (χ0) is 13.1. The lowest BCUT2D eigenvalue weighted by molar-refractivity contribution is -0.143. The first-order valence-electron chi connectivity index (χ1n) is 7.14. The van der Waals surface area contributed by atoms with Crippen LogP contribution in [0.4, 0.5) is 0 Å². The highest BCUT2D eigenvalue weighted by atomic mass is 16.4. The number of hydrogen-bond donors (Lipinski definition) is 1. The molecule has 2 rings (SSSR count). The molecule has 0 spiro atoms. The van der Waals surface area contributed by atoms with E-state index in [9.17, 15) is 9.59 Å². The van der Waals surface area contributed by atoms with E-state index >= 15 is 0 Å². The summed E-state index contributed by atoms with van der Waals surface area (Å²) < 4.78 is 0. The number of carbonyl (C=O) groups is 2. The third kappa shape index (κ3) is 2.68. The molecule has 0 aromatic heterocycles. The van der Waals surface area contributed by atoms with Gasteiger partial charge in [0, 0.05) is 18.5 Å². The molecule has 2 unspecified atom stereocenters. The van der Waals surface area contributed by atoms with Crippen molar-refractivity contribution in [1.29, 1.82) is 0 Å². The van der Waals surface area contributed by atoms with Gasteiger partial charge in [-0.25, -0.2) is 0 Å². The van der Waals surface area contributed by atoms with E-state index in [2.05, 4.69) is 0 Å². The number of carbonyl (C=O) groups excluding carboxylic acids is 1. The molecule has 2 atom stereocenters. The highest BCUT2D eigenvalue weighted by Crippen LogP contribution is 2.30. The molecule has 18 heavy (non-hydrogen) atoms. The Morgan fingerprint density at radius 1 is 1.06 bits per heavy atom. The zero-order valence-electron chi connectivity index (χ0n) is 11.1. The highest BCUT2D eigenvalue weighted by molar-refractivity contribution is 5.81. The average Bonchev–Trinajstić information content (AvgIpc) is 2.56. The van der Waals surface area contributed by atoms with Gasteiger partial charge in [-0.15, -0.1) is 0 Å². The molecule has 1 N–H and O–H groups in total. The van der Waals surface area contributed by atoms with Crippen LogP contribution in [0.15, 0.2) is 0 Å². The molecule has 2 fully saturated rings. The summed E-state index contributed by atoms with van der Waals surface area (Å²) in [4.78, 5) is 25.4. The Balaban J connectivity index is 1.98. The predicted molar refractivity (Wildman–Crippen MR) is 68.1 cm³/mol. The van der Waals surface area contributed by atoms with Crippen LogP contribution >= 0.6 is 0 Å². The van der Waals surface area contributed by atoms with Crippen molar-refractivity contribution in [3.63, 3.8) is 0 Å². The third-order valence-corrected chi connectivity index (χ3v) is 4.56. The quantitative estimate of drug-likeness (QED) is 0.768. The number of carboxylic acid groups (broad SMARTS) is 1. The fourth-order valence-corrected chi connectivity index (χ4v) is 3.34. The minimum atomic E-state index is -0.765. The molecular weight excluding hydrogens is 230 g/mol. The Morgan fingerprint density at radius 3 is 2.17 bits per heavy atom. The number of hydrogen-bond acceptors (Lipinski definition) is 2. The maximum atomic E-state index is 12.5. The van der Waals surface area contributed by atoms with Crippen LogP contribution in [0.1, 0.15) is 51.9 Å². The number of rotatable bonds is 2. The molecule has 1 saturated heterocycles. The minimum absolute atomic E-state index is 0.141. The summed E-state index contributed by atoms with van der Waals surface area (Å²) in [6.07, 6.45) is 7.32. The summed E-state index contributed by atoms with van der Waals surface area (Å²) in [5.74, 6) is -0.797. The maximum Gasteiger partial charge on any atom is 0.308 e. The van der Waals surface area contributed by atoms with Crippen molar-refractivity contribution >= 4 is 11.9 Å². The number of likely N-dealkylation sites (tertiary alicyclic amines) is 1. The Kier molecular flexibility index (Phi) is 4.25. The monoisotopic (exact) mass is 253 g/mol. The molecule has 1 aliphatic carbocycles. The Bertz CT molecular complexity index is 321. The van der Waals surface area contributed by atoms with E-state index < -0.39 is 5.97 Å². The standard InChI is InChI=1S/C14H23NO3/c1-10-12(14(17)18)8-9-15(10)13(16)11-6-4-2-3-5-7-11/h10-12H,2-9H2,1H3,(H,17,18). The van der Waals surface area contributed by atoms with Gasteiger partial charge in [0.15, 0.2) is 0 Å². The minimum Gasteiger partial charge on any atom is -0.481 e. The summed E-state index contributed by atoms with van der Waals surface area (Å²) in [6, 6.07) is -0.141. The number of aliphatic carboxylic acids is 1. The first-order chi connectivity index (χ1) is 8.61. The second kappa shape index (κ2) is 5.72. The molecule has 0 aromatic rings. The maximum absolute atomic E-state index is 12.5. The molecule has 1 aliphatic heterocycles. The molecule has 4 heteroatoms. The van der Waals surface area contributed by atoms with E-state index in [1.165, 1.54) is 12.8 Å². The van der Waals surface area contributed by atoms with E-state index in [0.717, 1.165) is 25.7 Å². The number of nitrogens with zero attached hydrogens (tertiary/aromatic N) is 1. The Morgan fingerprint density at radius 2 is 1.67 bits per heavy atom. The molecule has 4 nitrogen and oxygen atoms in total. The molecule has 2 aliphatic rings. The van der Waals surface area contributed by atoms with Crippen molar-refractivity contribution in [3.05, 3.63) is 0 Å². The van der Waals surface area contributed by atoms with E-state index in [0.29, 0.717) is 13.0 Å². The number of carboxylic acids is 1. The first-order valence-corrected chi connectivity index (χ1v) is 7.14. The van der Waals surface area contributed by atoms with Gasteiger partial charge in [-0.2, -0.15) is 0 Å².